The summed E-state index contributed by atoms with van der Waals surface area (Å²) in [5, 5.41) is 9.08. The predicted octanol–water partition coefficient (Wildman–Crippen LogP) is 2.34. The van der Waals surface area contributed by atoms with Crippen molar-refractivity contribution < 1.29 is 9.90 Å². The lowest BCUT2D eigenvalue weighted by Gasteiger charge is -2.18. The average molecular weight is 250 g/mol. The molecule has 18 heavy (non-hydrogen) atoms. The van der Waals surface area contributed by atoms with E-state index in [0.29, 0.717) is 6.42 Å². The second-order valence-electron chi connectivity index (χ2n) is 5.22. The van der Waals surface area contributed by atoms with Crippen LogP contribution in [0.15, 0.2) is 0 Å². The molecule has 1 aliphatic rings. The number of hydrogen-bond acceptors (Lipinski definition) is 2. The Morgan fingerprint density at radius 3 is 2.94 bits per heavy atom. The van der Waals surface area contributed by atoms with Crippen molar-refractivity contribution in [1.29, 1.82) is 0 Å². The molecule has 0 saturated carbocycles. The maximum atomic E-state index is 11.0. The molecule has 0 aromatic carbocycles. The molecule has 0 saturated heterocycles. The van der Waals surface area contributed by atoms with E-state index in [4.69, 9.17) is 5.11 Å². The molecule has 1 N–H and O–H groups in total. The first kappa shape index (κ1) is 13.1. The summed E-state index contributed by atoms with van der Waals surface area (Å²) in [6, 6.07) is 0. The molecule has 100 valence electrons. The maximum Gasteiger partial charge on any atom is 0.306 e. The van der Waals surface area contributed by atoms with Crippen molar-refractivity contribution in [3.05, 3.63) is 17.2 Å². The van der Waals surface area contributed by atoms with Crippen molar-refractivity contribution in [2.75, 3.05) is 0 Å². The summed E-state index contributed by atoms with van der Waals surface area (Å²) >= 11 is 0. The van der Waals surface area contributed by atoms with Gasteiger partial charge in [0.25, 0.3) is 0 Å². The number of aryl methyl sites for hydroxylation is 1. The summed E-state index contributed by atoms with van der Waals surface area (Å²) in [7, 11) is 2.06. The van der Waals surface area contributed by atoms with Gasteiger partial charge >= 0.3 is 5.97 Å². The molecule has 0 aliphatic heterocycles. The zero-order valence-electron chi connectivity index (χ0n) is 11.3. The number of fused-ring (bicyclic) bond motifs is 1. The third kappa shape index (κ3) is 2.57. The predicted molar refractivity (Wildman–Crippen MR) is 69.6 cm³/mol. The Morgan fingerprint density at radius 2 is 2.28 bits per heavy atom. The van der Waals surface area contributed by atoms with Crippen molar-refractivity contribution in [3.63, 3.8) is 0 Å². The number of carboxylic acids is 1. The monoisotopic (exact) mass is 250 g/mol. The molecule has 0 amide bonds. The number of carbonyl (C=O) groups is 1. The quantitative estimate of drug-likeness (QED) is 0.816. The standard InChI is InChI=1S/C14H22N2O2/c1-3-4-5-6-13-15-11-9-10(14(17)18)7-8-12(11)16(13)2/h10H,3-9H2,1-2H3,(H,17,18). The van der Waals surface area contributed by atoms with Gasteiger partial charge in [-0.15, -0.1) is 0 Å². The van der Waals surface area contributed by atoms with E-state index in [9.17, 15) is 4.79 Å². The first-order chi connectivity index (χ1) is 8.63. The Balaban J connectivity index is 2.10. The van der Waals surface area contributed by atoms with Gasteiger partial charge in [0.2, 0.25) is 0 Å². The van der Waals surface area contributed by atoms with Gasteiger partial charge in [0, 0.05) is 25.6 Å². The molecule has 1 heterocycles. The molecular weight excluding hydrogens is 228 g/mol. The number of carboxylic acid groups (broad SMARTS) is 1. The molecule has 0 bridgehead atoms. The van der Waals surface area contributed by atoms with Crippen LogP contribution in [0.5, 0.6) is 0 Å². The minimum Gasteiger partial charge on any atom is -0.481 e. The normalized spacial score (nSPS) is 18.7. The van der Waals surface area contributed by atoms with Gasteiger partial charge in [0.15, 0.2) is 0 Å². The fraction of sp³-hybridized carbons (Fsp3) is 0.714. The maximum absolute atomic E-state index is 11.0. The van der Waals surface area contributed by atoms with Crippen LogP contribution in [0, 0.1) is 5.92 Å². The summed E-state index contributed by atoms with van der Waals surface area (Å²) in [5.41, 5.74) is 2.27. The van der Waals surface area contributed by atoms with Gasteiger partial charge in [-0.3, -0.25) is 4.79 Å². The number of imidazole rings is 1. The van der Waals surface area contributed by atoms with Crippen LogP contribution in [0.4, 0.5) is 0 Å². The smallest absolute Gasteiger partial charge is 0.306 e. The van der Waals surface area contributed by atoms with E-state index in [2.05, 4.69) is 23.5 Å². The molecule has 4 heteroatoms. The summed E-state index contributed by atoms with van der Waals surface area (Å²) < 4.78 is 2.18. The zero-order valence-corrected chi connectivity index (χ0v) is 11.3. The van der Waals surface area contributed by atoms with Crippen LogP contribution in [-0.2, 0) is 31.1 Å². The summed E-state index contributed by atoms with van der Waals surface area (Å²) in [5.74, 6) is 0.203. The van der Waals surface area contributed by atoms with E-state index in [1.165, 1.54) is 25.0 Å². The molecule has 1 unspecified atom stereocenters. The summed E-state index contributed by atoms with van der Waals surface area (Å²) in [6.07, 6.45) is 6.82. The summed E-state index contributed by atoms with van der Waals surface area (Å²) in [4.78, 5) is 15.7. The van der Waals surface area contributed by atoms with E-state index in [-0.39, 0.29) is 5.92 Å². The average Bonchev–Trinajstić information content (AvgIpc) is 2.66. The Morgan fingerprint density at radius 1 is 1.50 bits per heavy atom. The first-order valence-corrected chi connectivity index (χ1v) is 6.89. The van der Waals surface area contributed by atoms with Crippen LogP contribution >= 0.6 is 0 Å². The topological polar surface area (TPSA) is 55.1 Å². The highest BCUT2D eigenvalue weighted by atomic mass is 16.4. The number of aliphatic carboxylic acids is 1. The van der Waals surface area contributed by atoms with Crippen LogP contribution in [-0.4, -0.2) is 20.6 Å². The Bertz CT molecular complexity index is 437. The minimum atomic E-state index is -0.682. The lowest BCUT2D eigenvalue weighted by atomic mass is 9.90. The molecule has 4 nitrogen and oxygen atoms in total. The van der Waals surface area contributed by atoms with E-state index in [0.717, 1.165) is 30.8 Å². The third-order valence-electron chi connectivity index (χ3n) is 3.91. The fourth-order valence-corrected chi connectivity index (χ4v) is 2.73. The van der Waals surface area contributed by atoms with E-state index < -0.39 is 5.97 Å². The second-order valence-corrected chi connectivity index (χ2v) is 5.22. The van der Waals surface area contributed by atoms with Crippen LogP contribution in [0.1, 0.15) is 49.8 Å². The lowest BCUT2D eigenvalue weighted by Crippen LogP contribution is -2.22. The molecule has 1 aliphatic carbocycles. The van der Waals surface area contributed by atoms with E-state index in [1.54, 1.807) is 0 Å². The van der Waals surface area contributed by atoms with Crippen LogP contribution in [0.25, 0.3) is 0 Å². The molecular formula is C14H22N2O2. The molecule has 0 fully saturated rings. The van der Waals surface area contributed by atoms with E-state index in [1.807, 2.05) is 0 Å². The molecule has 1 aromatic heterocycles. The van der Waals surface area contributed by atoms with Crippen molar-refractivity contribution >= 4 is 5.97 Å². The van der Waals surface area contributed by atoms with Gasteiger partial charge < -0.3 is 9.67 Å². The molecule has 1 aromatic rings. The second kappa shape index (κ2) is 5.55. The van der Waals surface area contributed by atoms with Crippen molar-refractivity contribution in [1.82, 2.24) is 9.55 Å². The van der Waals surface area contributed by atoms with Gasteiger partial charge in [0.05, 0.1) is 11.6 Å². The highest BCUT2D eigenvalue weighted by Crippen LogP contribution is 2.26. The van der Waals surface area contributed by atoms with Crippen LogP contribution in [0.3, 0.4) is 0 Å². The molecule has 2 rings (SSSR count). The van der Waals surface area contributed by atoms with Crippen LogP contribution in [0.2, 0.25) is 0 Å². The summed E-state index contributed by atoms with van der Waals surface area (Å²) in [6.45, 7) is 2.20. The Labute approximate surface area is 108 Å². The minimum absolute atomic E-state index is 0.240. The van der Waals surface area contributed by atoms with Crippen molar-refractivity contribution in [2.24, 2.45) is 13.0 Å². The molecule has 1 atom stereocenters. The molecule has 0 radical (unpaired) electrons. The number of unbranched alkanes of at least 4 members (excludes halogenated alkanes) is 2. The van der Waals surface area contributed by atoms with Crippen LogP contribution < -0.4 is 0 Å². The number of nitrogens with zero attached hydrogens (tertiary/aromatic N) is 2. The van der Waals surface area contributed by atoms with Crippen molar-refractivity contribution in [3.8, 4) is 0 Å². The first-order valence-electron chi connectivity index (χ1n) is 6.89. The van der Waals surface area contributed by atoms with E-state index >= 15 is 0 Å². The Kier molecular flexibility index (Phi) is 4.04. The zero-order chi connectivity index (χ0) is 13.1. The molecule has 0 spiro atoms. The Hall–Kier alpha value is -1.32. The lowest BCUT2D eigenvalue weighted by molar-refractivity contribution is -0.142. The highest BCUT2D eigenvalue weighted by molar-refractivity contribution is 5.70. The number of rotatable bonds is 5. The van der Waals surface area contributed by atoms with Gasteiger partial charge in [-0.1, -0.05) is 19.8 Å². The van der Waals surface area contributed by atoms with Gasteiger partial charge in [0.1, 0.15) is 5.82 Å². The fourth-order valence-electron chi connectivity index (χ4n) is 2.73. The van der Waals surface area contributed by atoms with Gasteiger partial charge in [-0.25, -0.2) is 4.98 Å². The number of aromatic nitrogens is 2. The van der Waals surface area contributed by atoms with Crippen molar-refractivity contribution in [2.45, 2.75) is 51.9 Å². The highest BCUT2D eigenvalue weighted by Gasteiger charge is 2.28. The van der Waals surface area contributed by atoms with Gasteiger partial charge in [-0.2, -0.15) is 0 Å². The van der Waals surface area contributed by atoms with Gasteiger partial charge in [-0.05, 0) is 19.3 Å². The third-order valence-corrected chi connectivity index (χ3v) is 3.91. The largest absolute Gasteiger partial charge is 0.481 e. The number of hydrogen-bond donors (Lipinski definition) is 1. The SMILES string of the molecule is CCCCCc1nc2c(n1C)CCC(C(=O)O)C2.